The highest BCUT2D eigenvalue weighted by molar-refractivity contribution is 5.79. The van der Waals surface area contributed by atoms with Crippen LogP contribution in [0.15, 0.2) is 53.3 Å². The lowest BCUT2D eigenvalue weighted by molar-refractivity contribution is 0.321. The third kappa shape index (κ3) is 3.71. The number of H-pyrrole nitrogens is 1. The van der Waals surface area contributed by atoms with Crippen LogP contribution in [-0.4, -0.2) is 28.5 Å². The number of benzene rings is 2. The molecule has 0 radical (unpaired) electrons. The smallest absolute Gasteiger partial charge is 0.259 e. The average Bonchev–Trinajstić information content (AvgIpc) is 2.60. The first-order valence-corrected chi connectivity index (χ1v) is 8.44. The van der Waals surface area contributed by atoms with Crippen LogP contribution in [0.25, 0.3) is 22.3 Å². The number of hydrogen-bond acceptors (Lipinski definition) is 3. The molecule has 24 heavy (non-hydrogen) atoms. The molecular formula is C20H23N3O. The molecule has 4 heteroatoms. The Labute approximate surface area is 142 Å². The van der Waals surface area contributed by atoms with Gasteiger partial charge in [-0.15, -0.1) is 0 Å². The molecule has 0 spiro atoms. The van der Waals surface area contributed by atoms with Crippen molar-refractivity contribution in [3.05, 3.63) is 64.4 Å². The van der Waals surface area contributed by atoms with Crippen molar-refractivity contribution >= 4 is 10.9 Å². The van der Waals surface area contributed by atoms with E-state index >= 15 is 0 Å². The second-order valence-corrected chi connectivity index (χ2v) is 6.22. The van der Waals surface area contributed by atoms with E-state index in [1.165, 1.54) is 18.4 Å². The summed E-state index contributed by atoms with van der Waals surface area (Å²) in [5, 5.41) is 0.621. The molecule has 0 saturated carbocycles. The molecule has 0 unspecified atom stereocenters. The molecule has 0 aliphatic carbocycles. The summed E-state index contributed by atoms with van der Waals surface area (Å²) in [5.74, 6) is 0.615. The molecule has 1 aromatic heterocycles. The molecule has 0 aliphatic heterocycles. The van der Waals surface area contributed by atoms with E-state index in [4.69, 9.17) is 0 Å². The molecule has 0 saturated heterocycles. The van der Waals surface area contributed by atoms with E-state index in [1.54, 1.807) is 6.07 Å². The van der Waals surface area contributed by atoms with Crippen LogP contribution < -0.4 is 5.56 Å². The highest BCUT2D eigenvalue weighted by Gasteiger charge is 2.06. The first kappa shape index (κ1) is 16.4. The summed E-state index contributed by atoms with van der Waals surface area (Å²) in [6, 6.07) is 15.7. The normalized spacial score (nSPS) is 11.3. The van der Waals surface area contributed by atoms with Crippen LogP contribution in [0.1, 0.15) is 25.3 Å². The molecule has 0 fully saturated rings. The maximum Gasteiger partial charge on any atom is 0.259 e. The first-order valence-electron chi connectivity index (χ1n) is 8.44. The molecule has 3 rings (SSSR count). The zero-order valence-electron chi connectivity index (χ0n) is 14.2. The maximum atomic E-state index is 12.2. The van der Waals surface area contributed by atoms with Gasteiger partial charge in [-0.25, -0.2) is 4.98 Å². The van der Waals surface area contributed by atoms with E-state index in [-0.39, 0.29) is 5.56 Å². The molecule has 2 aromatic carbocycles. The van der Waals surface area contributed by atoms with Gasteiger partial charge in [0.15, 0.2) is 0 Å². The van der Waals surface area contributed by atoms with E-state index in [9.17, 15) is 4.79 Å². The van der Waals surface area contributed by atoms with Gasteiger partial charge >= 0.3 is 0 Å². The second-order valence-electron chi connectivity index (χ2n) is 6.22. The number of unbranched alkanes of at least 4 members (excludes halogenated alkanes) is 1. The van der Waals surface area contributed by atoms with Crippen LogP contribution in [-0.2, 0) is 6.54 Å². The fraction of sp³-hybridized carbons (Fsp3) is 0.300. The third-order valence-electron chi connectivity index (χ3n) is 4.19. The van der Waals surface area contributed by atoms with E-state index in [0.29, 0.717) is 11.2 Å². The molecule has 0 bridgehead atoms. The minimum Gasteiger partial charge on any atom is -0.306 e. The predicted octanol–water partition coefficient (Wildman–Crippen LogP) is 3.82. The van der Waals surface area contributed by atoms with Crippen molar-refractivity contribution in [2.45, 2.75) is 26.3 Å². The van der Waals surface area contributed by atoms with Crippen LogP contribution in [0.2, 0.25) is 0 Å². The van der Waals surface area contributed by atoms with E-state index in [1.807, 2.05) is 30.3 Å². The Balaban J connectivity index is 1.82. The van der Waals surface area contributed by atoms with Gasteiger partial charge in [-0.05, 0) is 37.7 Å². The SMILES string of the molecule is CCCCN(C)Cc1ccc(-c2nc3ccccc3c(=O)[nH]2)cc1. The van der Waals surface area contributed by atoms with Gasteiger partial charge in [-0.1, -0.05) is 49.7 Å². The number of aromatic nitrogens is 2. The summed E-state index contributed by atoms with van der Waals surface area (Å²) in [7, 11) is 2.14. The molecule has 1 N–H and O–H groups in total. The Bertz CT molecular complexity index is 868. The molecule has 124 valence electrons. The second kappa shape index (κ2) is 7.41. The van der Waals surface area contributed by atoms with E-state index in [2.05, 4.69) is 41.0 Å². The zero-order chi connectivity index (χ0) is 16.9. The summed E-state index contributed by atoms with van der Waals surface area (Å²) in [6.07, 6.45) is 2.43. The fourth-order valence-electron chi connectivity index (χ4n) is 2.81. The van der Waals surface area contributed by atoms with Crippen molar-refractivity contribution < 1.29 is 0 Å². The quantitative estimate of drug-likeness (QED) is 0.751. The van der Waals surface area contributed by atoms with Crippen molar-refractivity contribution in [3.8, 4) is 11.4 Å². The van der Waals surface area contributed by atoms with Crippen LogP contribution in [0.5, 0.6) is 0 Å². The van der Waals surface area contributed by atoms with Gasteiger partial charge in [0.05, 0.1) is 10.9 Å². The fourth-order valence-corrected chi connectivity index (χ4v) is 2.81. The number of nitrogens with zero attached hydrogens (tertiary/aromatic N) is 2. The van der Waals surface area contributed by atoms with Crippen molar-refractivity contribution in [2.75, 3.05) is 13.6 Å². The van der Waals surface area contributed by atoms with Crippen LogP contribution >= 0.6 is 0 Å². The minimum absolute atomic E-state index is 0.0982. The molecule has 0 atom stereocenters. The largest absolute Gasteiger partial charge is 0.306 e. The van der Waals surface area contributed by atoms with E-state index < -0.39 is 0 Å². The van der Waals surface area contributed by atoms with Crippen molar-refractivity contribution in [1.82, 2.24) is 14.9 Å². The Hall–Kier alpha value is -2.46. The zero-order valence-corrected chi connectivity index (χ0v) is 14.2. The summed E-state index contributed by atoms with van der Waals surface area (Å²) >= 11 is 0. The number of nitrogens with one attached hydrogen (secondary N) is 1. The standard InChI is InChI=1S/C20H23N3O/c1-3-4-13-23(2)14-15-9-11-16(12-10-15)19-21-18-8-6-5-7-17(18)20(24)22-19/h5-12H,3-4,13-14H2,1-2H3,(H,21,22,24). The lowest BCUT2D eigenvalue weighted by atomic mass is 10.1. The highest BCUT2D eigenvalue weighted by atomic mass is 16.1. The topological polar surface area (TPSA) is 49.0 Å². The van der Waals surface area contributed by atoms with Gasteiger partial charge < -0.3 is 9.88 Å². The van der Waals surface area contributed by atoms with Gasteiger partial charge in [0.1, 0.15) is 5.82 Å². The van der Waals surface area contributed by atoms with Crippen molar-refractivity contribution in [3.63, 3.8) is 0 Å². The number of para-hydroxylation sites is 1. The first-order chi connectivity index (χ1) is 11.7. The Morgan fingerprint density at radius 2 is 1.83 bits per heavy atom. The van der Waals surface area contributed by atoms with Gasteiger partial charge in [0.2, 0.25) is 0 Å². The average molecular weight is 321 g/mol. The molecule has 0 aliphatic rings. The van der Waals surface area contributed by atoms with Gasteiger partial charge in [-0.2, -0.15) is 0 Å². The van der Waals surface area contributed by atoms with E-state index in [0.717, 1.165) is 24.2 Å². The minimum atomic E-state index is -0.0982. The van der Waals surface area contributed by atoms with Gasteiger partial charge in [0, 0.05) is 12.1 Å². The molecular weight excluding hydrogens is 298 g/mol. The molecule has 3 aromatic rings. The maximum absolute atomic E-state index is 12.2. The summed E-state index contributed by atoms with van der Waals surface area (Å²) in [6.45, 7) is 4.25. The van der Waals surface area contributed by atoms with Crippen molar-refractivity contribution in [2.24, 2.45) is 0 Å². The number of aromatic amines is 1. The van der Waals surface area contributed by atoms with Crippen molar-refractivity contribution in [1.29, 1.82) is 0 Å². The Kier molecular flexibility index (Phi) is 5.06. The molecule has 0 amide bonds. The van der Waals surface area contributed by atoms with Gasteiger partial charge in [-0.3, -0.25) is 4.79 Å². The molecule has 1 heterocycles. The lowest BCUT2D eigenvalue weighted by Gasteiger charge is -2.16. The number of fused-ring (bicyclic) bond motifs is 1. The number of rotatable bonds is 6. The summed E-state index contributed by atoms with van der Waals surface area (Å²) in [5.41, 5.74) is 2.82. The van der Waals surface area contributed by atoms with Crippen LogP contribution in [0.3, 0.4) is 0 Å². The Morgan fingerprint density at radius 3 is 2.58 bits per heavy atom. The summed E-state index contributed by atoms with van der Waals surface area (Å²) in [4.78, 5) is 22.0. The monoisotopic (exact) mass is 321 g/mol. The lowest BCUT2D eigenvalue weighted by Crippen LogP contribution is -2.18. The summed E-state index contributed by atoms with van der Waals surface area (Å²) < 4.78 is 0. The Morgan fingerprint density at radius 1 is 1.08 bits per heavy atom. The van der Waals surface area contributed by atoms with Crippen LogP contribution in [0, 0.1) is 0 Å². The van der Waals surface area contributed by atoms with Crippen LogP contribution in [0.4, 0.5) is 0 Å². The third-order valence-corrected chi connectivity index (χ3v) is 4.19. The highest BCUT2D eigenvalue weighted by Crippen LogP contribution is 2.17. The predicted molar refractivity (Wildman–Crippen MR) is 99.0 cm³/mol. The molecule has 4 nitrogen and oxygen atoms in total. The van der Waals surface area contributed by atoms with Gasteiger partial charge in [0.25, 0.3) is 5.56 Å². The number of hydrogen-bond donors (Lipinski definition) is 1.